The highest BCUT2D eigenvalue weighted by atomic mass is 79.9. The molecule has 10 heteroatoms. The van der Waals surface area contributed by atoms with Gasteiger partial charge in [-0.25, -0.2) is 18.1 Å². The second-order valence-corrected chi connectivity index (χ2v) is 10.5. The number of alkyl halides is 1. The van der Waals surface area contributed by atoms with Crippen LogP contribution in [0.2, 0.25) is 0 Å². The standard InChI is InChI=1S/C16H17BrClN3O3S2/c1-9-15(26(23,24)20-13-8-12(13)18)25-16(19-9)21(2)14(22)7-10-3-5-11(17)6-4-10/h3-6,12-13,20H,7-8H2,1-2H3. The predicted octanol–water partition coefficient (Wildman–Crippen LogP) is 3.08. The highest BCUT2D eigenvalue weighted by molar-refractivity contribution is 9.10. The van der Waals surface area contributed by atoms with E-state index in [-0.39, 0.29) is 28.0 Å². The van der Waals surface area contributed by atoms with Gasteiger partial charge in [-0.1, -0.05) is 39.4 Å². The lowest BCUT2D eigenvalue weighted by molar-refractivity contribution is -0.117. The number of aromatic nitrogens is 1. The highest BCUT2D eigenvalue weighted by Crippen LogP contribution is 2.33. The first-order valence-corrected chi connectivity index (χ1v) is 11.3. The minimum Gasteiger partial charge on any atom is -0.291 e. The summed E-state index contributed by atoms with van der Waals surface area (Å²) in [5.74, 6) is -0.166. The first kappa shape index (κ1) is 19.8. The van der Waals surface area contributed by atoms with Crippen LogP contribution >= 0.6 is 38.9 Å². The Morgan fingerprint density at radius 1 is 1.42 bits per heavy atom. The second kappa shape index (κ2) is 7.55. The number of anilines is 1. The Bertz CT molecular complexity index is 931. The average Bonchev–Trinajstić information content (AvgIpc) is 3.09. The van der Waals surface area contributed by atoms with Crippen LogP contribution in [0, 0.1) is 6.92 Å². The number of carbonyl (C=O) groups excluding carboxylic acids is 1. The average molecular weight is 479 g/mol. The molecule has 1 aliphatic rings. The lowest BCUT2D eigenvalue weighted by atomic mass is 10.1. The van der Waals surface area contributed by atoms with Crippen LogP contribution in [0.5, 0.6) is 0 Å². The maximum absolute atomic E-state index is 12.5. The van der Waals surface area contributed by atoms with E-state index < -0.39 is 10.0 Å². The number of halogens is 2. The number of benzene rings is 1. The van der Waals surface area contributed by atoms with Gasteiger partial charge in [0.15, 0.2) is 9.34 Å². The smallest absolute Gasteiger partial charge is 0.252 e. The van der Waals surface area contributed by atoms with Gasteiger partial charge in [-0.3, -0.25) is 9.69 Å². The van der Waals surface area contributed by atoms with E-state index in [1.54, 1.807) is 14.0 Å². The Labute approximate surface area is 169 Å². The molecule has 26 heavy (non-hydrogen) atoms. The zero-order valence-electron chi connectivity index (χ0n) is 14.1. The van der Waals surface area contributed by atoms with Crippen molar-refractivity contribution >= 4 is 59.9 Å². The van der Waals surface area contributed by atoms with Crippen molar-refractivity contribution < 1.29 is 13.2 Å². The van der Waals surface area contributed by atoms with Gasteiger partial charge < -0.3 is 0 Å². The van der Waals surface area contributed by atoms with Crippen LogP contribution in [-0.2, 0) is 21.2 Å². The summed E-state index contributed by atoms with van der Waals surface area (Å²) >= 11 is 10.2. The molecule has 140 valence electrons. The number of aryl methyl sites for hydroxylation is 1. The molecule has 0 spiro atoms. The van der Waals surface area contributed by atoms with E-state index in [1.807, 2.05) is 24.3 Å². The number of hydrogen-bond donors (Lipinski definition) is 1. The van der Waals surface area contributed by atoms with Crippen LogP contribution in [0.1, 0.15) is 17.7 Å². The number of likely N-dealkylation sites (N-methyl/N-ethyl adjacent to an activating group) is 1. The van der Waals surface area contributed by atoms with Gasteiger partial charge in [0, 0.05) is 17.6 Å². The Morgan fingerprint density at radius 3 is 2.62 bits per heavy atom. The van der Waals surface area contributed by atoms with E-state index >= 15 is 0 Å². The number of amides is 1. The monoisotopic (exact) mass is 477 g/mol. The highest BCUT2D eigenvalue weighted by Gasteiger charge is 2.40. The number of nitrogens with zero attached hydrogens (tertiary/aromatic N) is 2. The number of hydrogen-bond acceptors (Lipinski definition) is 5. The van der Waals surface area contributed by atoms with E-state index in [1.165, 1.54) is 4.90 Å². The summed E-state index contributed by atoms with van der Waals surface area (Å²) in [6, 6.07) is 7.23. The van der Waals surface area contributed by atoms with Gasteiger partial charge in [0.05, 0.1) is 17.5 Å². The van der Waals surface area contributed by atoms with Crippen LogP contribution in [-0.4, -0.2) is 37.8 Å². The fourth-order valence-corrected chi connectivity index (χ4v) is 5.68. The zero-order chi connectivity index (χ0) is 19.1. The first-order valence-electron chi connectivity index (χ1n) is 7.82. The quantitative estimate of drug-likeness (QED) is 0.647. The minimum atomic E-state index is -3.68. The zero-order valence-corrected chi connectivity index (χ0v) is 18.0. The van der Waals surface area contributed by atoms with Gasteiger partial charge in [0.2, 0.25) is 5.91 Å². The van der Waals surface area contributed by atoms with Gasteiger partial charge in [0.25, 0.3) is 10.0 Å². The molecule has 1 N–H and O–H groups in total. The summed E-state index contributed by atoms with van der Waals surface area (Å²) in [6.45, 7) is 1.62. The fourth-order valence-electron chi connectivity index (χ4n) is 2.30. The number of nitrogens with one attached hydrogen (secondary N) is 1. The summed E-state index contributed by atoms with van der Waals surface area (Å²) in [5, 5.41) is 0.191. The molecule has 1 amide bonds. The third kappa shape index (κ3) is 4.45. The Morgan fingerprint density at radius 2 is 2.04 bits per heavy atom. The molecule has 0 radical (unpaired) electrons. The third-order valence-corrected chi connectivity index (χ3v) is 8.28. The lowest BCUT2D eigenvalue weighted by Gasteiger charge is -2.13. The summed E-state index contributed by atoms with van der Waals surface area (Å²) < 4.78 is 28.6. The van der Waals surface area contributed by atoms with E-state index in [0.717, 1.165) is 21.4 Å². The van der Waals surface area contributed by atoms with Crippen LogP contribution < -0.4 is 9.62 Å². The van der Waals surface area contributed by atoms with Gasteiger partial charge in [-0.05, 0) is 31.0 Å². The van der Waals surface area contributed by atoms with Gasteiger partial charge >= 0.3 is 0 Å². The molecular weight excluding hydrogens is 462 g/mol. The van der Waals surface area contributed by atoms with Crippen LogP contribution in [0.25, 0.3) is 0 Å². The third-order valence-electron chi connectivity index (χ3n) is 3.94. The van der Waals surface area contributed by atoms with Crippen molar-refractivity contribution in [2.75, 3.05) is 11.9 Å². The molecule has 2 aromatic rings. The van der Waals surface area contributed by atoms with Crippen molar-refractivity contribution in [3.8, 4) is 0 Å². The second-order valence-electron chi connectivity index (χ2n) is 6.10. The predicted molar refractivity (Wildman–Crippen MR) is 106 cm³/mol. The summed E-state index contributed by atoms with van der Waals surface area (Å²) in [6.07, 6.45) is 0.829. The SMILES string of the molecule is Cc1nc(N(C)C(=O)Cc2ccc(Br)cc2)sc1S(=O)(=O)NC1CC1Cl. The molecule has 1 aliphatic carbocycles. The van der Waals surface area contributed by atoms with Crippen molar-refractivity contribution in [2.24, 2.45) is 0 Å². The summed E-state index contributed by atoms with van der Waals surface area (Å²) in [5.41, 5.74) is 1.24. The van der Waals surface area contributed by atoms with Crippen LogP contribution in [0.4, 0.5) is 5.13 Å². The molecule has 1 aromatic carbocycles. The van der Waals surface area contributed by atoms with Crippen molar-refractivity contribution in [3.05, 3.63) is 40.0 Å². The molecular formula is C16H17BrClN3O3S2. The first-order chi connectivity index (χ1) is 12.2. The molecule has 1 aromatic heterocycles. The maximum atomic E-state index is 12.5. The molecule has 1 saturated carbocycles. The van der Waals surface area contributed by atoms with E-state index in [0.29, 0.717) is 17.2 Å². The maximum Gasteiger partial charge on any atom is 0.252 e. The van der Waals surface area contributed by atoms with Crippen molar-refractivity contribution in [1.29, 1.82) is 0 Å². The van der Waals surface area contributed by atoms with E-state index in [2.05, 4.69) is 25.6 Å². The largest absolute Gasteiger partial charge is 0.291 e. The van der Waals surface area contributed by atoms with Gasteiger partial charge in [0.1, 0.15) is 0 Å². The minimum absolute atomic E-state index is 0.117. The Hall–Kier alpha value is -1.000. The number of carbonyl (C=O) groups is 1. The fraction of sp³-hybridized carbons (Fsp3) is 0.375. The number of sulfonamides is 1. The van der Waals surface area contributed by atoms with E-state index in [9.17, 15) is 13.2 Å². The molecule has 1 heterocycles. The lowest BCUT2D eigenvalue weighted by Crippen LogP contribution is -2.27. The molecule has 3 rings (SSSR count). The van der Waals surface area contributed by atoms with Crippen LogP contribution in [0.15, 0.2) is 32.9 Å². The summed E-state index contributed by atoms with van der Waals surface area (Å²) in [7, 11) is -2.09. The van der Waals surface area contributed by atoms with Gasteiger partial charge in [-0.15, -0.1) is 11.6 Å². The van der Waals surface area contributed by atoms with Gasteiger partial charge in [-0.2, -0.15) is 0 Å². The molecule has 0 saturated heterocycles. The Kier molecular flexibility index (Phi) is 5.74. The van der Waals surface area contributed by atoms with Crippen molar-refractivity contribution in [1.82, 2.24) is 9.71 Å². The summed E-state index contributed by atoms with van der Waals surface area (Å²) in [4.78, 5) is 18.2. The molecule has 0 aliphatic heterocycles. The normalized spacial score (nSPS) is 19.4. The number of thiazole rings is 1. The molecule has 6 nitrogen and oxygen atoms in total. The Balaban J connectivity index is 1.74. The number of rotatable bonds is 6. The molecule has 2 unspecified atom stereocenters. The molecule has 1 fully saturated rings. The van der Waals surface area contributed by atoms with Crippen molar-refractivity contribution in [3.63, 3.8) is 0 Å². The van der Waals surface area contributed by atoms with Crippen molar-refractivity contribution in [2.45, 2.75) is 35.4 Å². The topological polar surface area (TPSA) is 79.4 Å². The van der Waals surface area contributed by atoms with Crippen LogP contribution in [0.3, 0.4) is 0 Å². The van der Waals surface area contributed by atoms with E-state index in [4.69, 9.17) is 11.6 Å². The molecule has 0 bridgehead atoms. The molecule has 2 atom stereocenters.